The number of amides is 1. The van der Waals surface area contributed by atoms with Gasteiger partial charge >= 0.3 is 0 Å². The Morgan fingerprint density at radius 3 is 2.31 bits per heavy atom. The monoisotopic (exact) mass is 353 g/mol. The molecular formula is C20H27N5O. The minimum atomic E-state index is 0.137. The lowest BCUT2D eigenvalue weighted by molar-refractivity contribution is -0.129. The number of carbonyl (C=O) groups is 1. The Morgan fingerprint density at radius 1 is 1.08 bits per heavy atom. The van der Waals surface area contributed by atoms with Crippen LogP contribution in [0.3, 0.4) is 0 Å². The van der Waals surface area contributed by atoms with Crippen LogP contribution in [0, 0.1) is 0 Å². The van der Waals surface area contributed by atoms with Crippen molar-refractivity contribution in [3.05, 3.63) is 41.7 Å². The minimum absolute atomic E-state index is 0.137. The third-order valence-electron chi connectivity index (χ3n) is 4.95. The van der Waals surface area contributed by atoms with E-state index < -0.39 is 0 Å². The Bertz CT molecular complexity index is 746. The Labute approximate surface area is 155 Å². The first-order chi connectivity index (χ1) is 12.6. The lowest BCUT2D eigenvalue weighted by Gasteiger charge is -2.34. The molecule has 1 aromatic heterocycles. The number of aromatic nitrogens is 2. The molecule has 1 saturated heterocycles. The van der Waals surface area contributed by atoms with Crippen molar-refractivity contribution in [1.29, 1.82) is 0 Å². The molecule has 2 aromatic rings. The maximum absolute atomic E-state index is 11.5. The largest absolute Gasteiger partial charge is 0.353 e. The molecule has 2 heterocycles. The lowest BCUT2D eigenvalue weighted by Crippen LogP contribution is -2.48. The van der Waals surface area contributed by atoms with Gasteiger partial charge in [0.25, 0.3) is 0 Å². The molecule has 0 unspecified atom stereocenters. The number of nitrogens with zero attached hydrogens (tertiary/aromatic N) is 4. The fourth-order valence-corrected chi connectivity index (χ4v) is 3.37. The van der Waals surface area contributed by atoms with Gasteiger partial charge in [-0.2, -0.15) is 0 Å². The predicted octanol–water partition coefficient (Wildman–Crippen LogP) is 3.01. The summed E-state index contributed by atoms with van der Waals surface area (Å²) in [6.45, 7) is 9.02. The van der Waals surface area contributed by atoms with Gasteiger partial charge in [0.2, 0.25) is 5.91 Å². The number of hydrogen-bond acceptors (Lipinski definition) is 5. The number of benzene rings is 1. The Morgan fingerprint density at radius 2 is 1.73 bits per heavy atom. The first kappa shape index (κ1) is 18.2. The van der Waals surface area contributed by atoms with Gasteiger partial charge in [0.1, 0.15) is 18.0 Å². The van der Waals surface area contributed by atoms with E-state index in [4.69, 9.17) is 0 Å². The second-order valence-electron chi connectivity index (χ2n) is 6.54. The van der Waals surface area contributed by atoms with E-state index in [-0.39, 0.29) is 5.91 Å². The van der Waals surface area contributed by atoms with Gasteiger partial charge in [0, 0.05) is 44.9 Å². The molecular weight excluding hydrogens is 326 g/mol. The average Bonchev–Trinajstić information content (AvgIpc) is 2.68. The smallest absolute Gasteiger partial charge is 0.219 e. The summed E-state index contributed by atoms with van der Waals surface area (Å²) in [6.07, 6.45) is 3.55. The molecule has 0 radical (unpaired) electrons. The summed E-state index contributed by atoms with van der Waals surface area (Å²) in [7, 11) is 0. The zero-order valence-corrected chi connectivity index (χ0v) is 15.8. The van der Waals surface area contributed by atoms with Crippen LogP contribution in [0.1, 0.15) is 31.9 Å². The van der Waals surface area contributed by atoms with E-state index in [1.165, 1.54) is 11.1 Å². The van der Waals surface area contributed by atoms with Crippen LogP contribution in [0.5, 0.6) is 0 Å². The van der Waals surface area contributed by atoms with Gasteiger partial charge in [0.15, 0.2) is 0 Å². The molecule has 1 fully saturated rings. The zero-order valence-electron chi connectivity index (χ0n) is 15.8. The molecule has 0 saturated carbocycles. The Kier molecular flexibility index (Phi) is 5.71. The van der Waals surface area contributed by atoms with Crippen molar-refractivity contribution in [3.63, 3.8) is 0 Å². The third kappa shape index (κ3) is 3.95. The fourth-order valence-electron chi connectivity index (χ4n) is 3.37. The number of hydrogen-bond donors (Lipinski definition) is 1. The van der Waals surface area contributed by atoms with E-state index in [9.17, 15) is 4.79 Å². The van der Waals surface area contributed by atoms with Crippen molar-refractivity contribution < 1.29 is 4.79 Å². The second-order valence-corrected chi connectivity index (χ2v) is 6.54. The SMILES string of the molecule is CCc1cccc(CC)c1Nc1cc(N2CCN(C(C)=O)CC2)ncn1. The average molecular weight is 353 g/mol. The second kappa shape index (κ2) is 8.17. The van der Waals surface area contributed by atoms with Crippen molar-refractivity contribution in [2.75, 3.05) is 36.4 Å². The number of anilines is 3. The van der Waals surface area contributed by atoms with Crippen LogP contribution < -0.4 is 10.2 Å². The molecule has 0 aliphatic carbocycles. The van der Waals surface area contributed by atoms with E-state index in [1.54, 1.807) is 13.3 Å². The van der Waals surface area contributed by atoms with Gasteiger partial charge in [0.05, 0.1) is 0 Å². The molecule has 1 aliphatic rings. The first-order valence-electron chi connectivity index (χ1n) is 9.32. The lowest BCUT2D eigenvalue weighted by atomic mass is 10.0. The molecule has 1 amide bonds. The van der Waals surface area contributed by atoms with E-state index in [0.29, 0.717) is 0 Å². The number of nitrogens with one attached hydrogen (secondary N) is 1. The van der Waals surface area contributed by atoms with Gasteiger partial charge in [-0.25, -0.2) is 9.97 Å². The molecule has 138 valence electrons. The summed E-state index contributed by atoms with van der Waals surface area (Å²) < 4.78 is 0. The van der Waals surface area contributed by atoms with Crippen molar-refractivity contribution in [1.82, 2.24) is 14.9 Å². The molecule has 1 aromatic carbocycles. The van der Waals surface area contributed by atoms with Crippen molar-refractivity contribution in [2.45, 2.75) is 33.6 Å². The van der Waals surface area contributed by atoms with Crippen LogP contribution in [0.2, 0.25) is 0 Å². The molecule has 3 rings (SSSR count). The fraction of sp³-hybridized carbons (Fsp3) is 0.450. The Balaban J connectivity index is 1.78. The van der Waals surface area contributed by atoms with E-state index in [1.807, 2.05) is 11.0 Å². The van der Waals surface area contributed by atoms with Gasteiger partial charge in [-0.15, -0.1) is 0 Å². The number of carbonyl (C=O) groups excluding carboxylic acids is 1. The van der Waals surface area contributed by atoms with Gasteiger partial charge in [-0.3, -0.25) is 4.79 Å². The first-order valence-corrected chi connectivity index (χ1v) is 9.32. The van der Waals surface area contributed by atoms with Crippen molar-refractivity contribution in [2.24, 2.45) is 0 Å². The third-order valence-corrected chi connectivity index (χ3v) is 4.95. The molecule has 0 spiro atoms. The van der Waals surface area contributed by atoms with Crippen molar-refractivity contribution >= 4 is 23.2 Å². The maximum Gasteiger partial charge on any atom is 0.219 e. The number of rotatable bonds is 5. The van der Waals surface area contributed by atoms with Crippen LogP contribution >= 0.6 is 0 Å². The normalized spacial score (nSPS) is 14.4. The number of piperazine rings is 1. The molecule has 1 N–H and O–H groups in total. The standard InChI is InChI=1S/C20H27N5O/c1-4-16-7-6-8-17(5-2)20(16)23-18-13-19(22-14-21-18)25-11-9-24(10-12-25)15(3)26/h6-8,13-14H,4-5,9-12H2,1-3H3,(H,21,22,23). The van der Waals surface area contributed by atoms with E-state index in [0.717, 1.165) is 56.3 Å². The quantitative estimate of drug-likeness (QED) is 0.895. The van der Waals surface area contributed by atoms with E-state index >= 15 is 0 Å². The predicted molar refractivity (Wildman–Crippen MR) is 105 cm³/mol. The number of aryl methyl sites for hydroxylation is 2. The van der Waals surface area contributed by atoms with Gasteiger partial charge in [-0.05, 0) is 24.0 Å². The van der Waals surface area contributed by atoms with Crippen LogP contribution in [0.4, 0.5) is 17.3 Å². The van der Waals surface area contributed by atoms with Gasteiger partial charge in [-0.1, -0.05) is 32.0 Å². The molecule has 0 atom stereocenters. The van der Waals surface area contributed by atoms with Crippen molar-refractivity contribution in [3.8, 4) is 0 Å². The Hall–Kier alpha value is -2.63. The highest BCUT2D eigenvalue weighted by Crippen LogP contribution is 2.27. The molecule has 1 aliphatic heterocycles. The van der Waals surface area contributed by atoms with E-state index in [2.05, 4.69) is 52.2 Å². The van der Waals surface area contributed by atoms with Crippen LogP contribution in [0.15, 0.2) is 30.6 Å². The summed E-state index contributed by atoms with van der Waals surface area (Å²) in [5.41, 5.74) is 3.74. The van der Waals surface area contributed by atoms with Crippen LogP contribution in [-0.2, 0) is 17.6 Å². The molecule has 6 heteroatoms. The summed E-state index contributed by atoms with van der Waals surface area (Å²) in [6, 6.07) is 8.42. The highest BCUT2D eigenvalue weighted by molar-refractivity contribution is 5.73. The number of para-hydroxylation sites is 1. The summed E-state index contributed by atoms with van der Waals surface area (Å²) in [5.74, 6) is 1.84. The summed E-state index contributed by atoms with van der Waals surface area (Å²) in [5, 5.41) is 3.51. The highest BCUT2D eigenvalue weighted by Gasteiger charge is 2.20. The maximum atomic E-state index is 11.5. The molecule has 6 nitrogen and oxygen atoms in total. The van der Waals surface area contributed by atoms with Gasteiger partial charge < -0.3 is 15.1 Å². The summed E-state index contributed by atoms with van der Waals surface area (Å²) >= 11 is 0. The topological polar surface area (TPSA) is 61.4 Å². The molecule has 26 heavy (non-hydrogen) atoms. The minimum Gasteiger partial charge on any atom is -0.353 e. The van der Waals surface area contributed by atoms with Crippen LogP contribution in [-0.4, -0.2) is 47.0 Å². The zero-order chi connectivity index (χ0) is 18.5. The molecule has 0 bridgehead atoms. The summed E-state index contributed by atoms with van der Waals surface area (Å²) in [4.78, 5) is 24.4. The van der Waals surface area contributed by atoms with Crippen LogP contribution in [0.25, 0.3) is 0 Å². The highest BCUT2D eigenvalue weighted by atomic mass is 16.2.